The number of rotatable bonds is 4. The number of carbonyl (C=O) groups is 1. The Hall–Kier alpha value is -2.49. The summed E-state index contributed by atoms with van der Waals surface area (Å²) in [6.45, 7) is 8.89. The van der Waals surface area contributed by atoms with Crippen molar-refractivity contribution in [3.05, 3.63) is 53.0 Å². The molecule has 0 aliphatic carbocycles. The summed E-state index contributed by atoms with van der Waals surface area (Å²) < 4.78 is 16.4. The lowest BCUT2D eigenvalue weighted by Gasteiger charge is -2.32. The molecule has 1 aliphatic heterocycles. The molecule has 0 radical (unpaired) electrons. The van der Waals surface area contributed by atoms with E-state index in [1.54, 1.807) is 0 Å². The number of hydrogen-bond donors (Lipinski definition) is 0. The molecule has 0 fully saturated rings. The second-order valence-electron chi connectivity index (χ2n) is 7.10. The third-order valence-electron chi connectivity index (χ3n) is 4.61. The number of hydrogen-bond acceptors (Lipinski definition) is 4. The summed E-state index contributed by atoms with van der Waals surface area (Å²) in [5, 5.41) is 0. The molecule has 4 heteroatoms. The highest BCUT2D eigenvalue weighted by Crippen LogP contribution is 2.39. The zero-order valence-electron chi connectivity index (χ0n) is 15.2. The standard InChI is InChI=1S/C21H24O4/c1-14(11-17-6-7-18(25-17)13-24-15(2)22)16-5-8-20-19(12-16)21(3,4)9-10-23-20/h5-8,11-12H,9-10,13H2,1-4H3/b14-11+. The van der Waals surface area contributed by atoms with Crippen LogP contribution in [0.4, 0.5) is 0 Å². The van der Waals surface area contributed by atoms with E-state index in [0.717, 1.165) is 35.7 Å². The summed E-state index contributed by atoms with van der Waals surface area (Å²) in [5.74, 6) is 2.04. The fourth-order valence-electron chi connectivity index (χ4n) is 3.00. The molecule has 3 rings (SSSR count). The van der Waals surface area contributed by atoms with Gasteiger partial charge in [0.25, 0.3) is 0 Å². The van der Waals surface area contributed by atoms with Gasteiger partial charge in [0.1, 0.15) is 23.9 Å². The average Bonchev–Trinajstić information content (AvgIpc) is 3.00. The maximum atomic E-state index is 10.9. The molecule has 0 atom stereocenters. The minimum atomic E-state index is -0.316. The summed E-state index contributed by atoms with van der Waals surface area (Å²) in [6, 6.07) is 10.1. The van der Waals surface area contributed by atoms with Crippen LogP contribution in [0.1, 0.15) is 56.8 Å². The van der Waals surface area contributed by atoms with Crippen molar-refractivity contribution in [2.75, 3.05) is 6.61 Å². The third-order valence-corrected chi connectivity index (χ3v) is 4.61. The SMILES string of the molecule is CC(=O)OCc1ccc(/C=C(\C)c2ccc3c(c2)C(C)(C)CCO3)o1. The van der Waals surface area contributed by atoms with Crippen molar-refractivity contribution >= 4 is 17.6 Å². The monoisotopic (exact) mass is 340 g/mol. The maximum absolute atomic E-state index is 10.9. The lowest BCUT2D eigenvalue weighted by molar-refractivity contribution is -0.142. The third kappa shape index (κ3) is 3.95. The molecule has 0 N–H and O–H groups in total. The van der Waals surface area contributed by atoms with E-state index in [4.69, 9.17) is 13.9 Å². The van der Waals surface area contributed by atoms with Crippen molar-refractivity contribution in [3.63, 3.8) is 0 Å². The number of furan rings is 1. The van der Waals surface area contributed by atoms with Crippen LogP contribution < -0.4 is 4.74 Å². The van der Waals surface area contributed by atoms with Gasteiger partial charge in [-0.25, -0.2) is 0 Å². The fraction of sp³-hybridized carbons (Fsp3) is 0.381. The van der Waals surface area contributed by atoms with Gasteiger partial charge in [-0.1, -0.05) is 19.9 Å². The number of esters is 1. The zero-order valence-corrected chi connectivity index (χ0v) is 15.2. The highest BCUT2D eigenvalue weighted by molar-refractivity contribution is 5.79. The van der Waals surface area contributed by atoms with Crippen LogP contribution in [-0.4, -0.2) is 12.6 Å². The first-order valence-corrected chi connectivity index (χ1v) is 8.53. The van der Waals surface area contributed by atoms with E-state index in [-0.39, 0.29) is 18.0 Å². The van der Waals surface area contributed by atoms with E-state index < -0.39 is 0 Å². The maximum Gasteiger partial charge on any atom is 0.303 e. The first-order chi connectivity index (χ1) is 11.8. The molecule has 1 aliphatic rings. The van der Waals surface area contributed by atoms with Crippen LogP contribution in [0.3, 0.4) is 0 Å². The van der Waals surface area contributed by atoms with Crippen molar-refractivity contribution in [2.24, 2.45) is 0 Å². The van der Waals surface area contributed by atoms with Gasteiger partial charge in [-0.15, -0.1) is 0 Å². The Morgan fingerprint density at radius 3 is 2.80 bits per heavy atom. The molecule has 25 heavy (non-hydrogen) atoms. The van der Waals surface area contributed by atoms with E-state index in [0.29, 0.717) is 5.76 Å². The molecular formula is C21H24O4. The molecule has 0 saturated heterocycles. The summed E-state index contributed by atoms with van der Waals surface area (Å²) in [7, 11) is 0. The average molecular weight is 340 g/mol. The fourth-order valence-corrected chi connectivity index (χ4v) is 3.00. The van der Waals surface area contributed by atoms with Gasteiger partial charge in [0.2, 0.25) is 0 Å². The number of carbonyl (C=O) groups excluding carboxylic acids is 1. The molecule has 0 spiro atoms. The van der Waals surface area contributed by atoms with E-state index in [1.807, 2.05) is 18.2 Å². The molecule has 2 aromatic rings. The van der Waals surface area contributed by atoms with Gasteiger partial charge in [0, 0.05) is 12.5 Å². The van der Waals surface area contributed by atoms with Crippen LogP contribution in [0.15, 0.2) is 34.7 Å². The molecule has 0 saturated carbocycles. The number of allylic oxidation sites excluding steroid dienone is 1. The largest absolute Gasteiger partial charge is 0.493 e. The summed E-state index contributed by atoms with van der Waals surface area (Å²) in [6.07, 6.45) is 3.01. The Bertz CT molecular complexity index is 811. The van der Waals surface area contributed by atoms with Crippen molar-refractivity contribution < 1.29 is 18.7 Å². The second kappa shape index (κ2) is 6.79. The van der Waals surface area contributed by atoms with Gasteiger partial charge in [-0.05, 0) is 60.2 Å². The lowest BCUT2D eigenvalue weighted by atomic mass is 9.79. The Labute approximate surface area is 148 Å². The van der Waals surface area contributed by atoms with Gasteiger partial charge in [0.15, 0.2) is 0 Å². The molecule has 1 aromatic carbocycles. The molecule has 1 aromatic heterocycles. The minimum Gasteiger partial charge on any atom is -0.493 e. The van der Waals surface area contributed by atoms with Gasteiger partial charge >= 0.3 is 5.97 Å². The van der Waals surface area contributed by atoms with Crippen LogP contribution in [-0.2, 0) is 21.6 Å². The van der Waals surface area contributed by atoms with Crippen molar-refractivity contribution in [3.8, 4) is 5.75 Å². The van der Waals surface area contributed by atoms with Crippen molar-refractivity contribution in [2.45, 2.75) is 46.1 Å². The Morgan fingerprint density at radius 1 is 1.24 bits per heavy atom. The van der Waals surface area contributed by atoms with Crippen molar-refractivity contribution in [1.82, 2.24) is 0 Å². The van der Waals surface area contributed by atoms with Gasteiger partial charge in [-0.2, -0.15) is 0 Å². The van der Waals surface area contributed by atoms with E-state index in [9.17, 15) is 4.79 Å². The lowest BCUT2D eigenvalue weighted by Crippen LogP contribution is -2.26. The van der Waals surface area contributed by atoms with Crippen molar-refractivity contribution in [1.29, 1.82) is 0 Å². The summed E-state index contributed by atoms with van der Waals surface area (Å²) in [4.78, 5) is 10.9. The highest BCUT2D eigenvalue weighted by atomic mass is 16.5. The van der Waals surface area contributed by atoms with E-state index in [1.165, 1.54) is 12.5 Å². The second-order valence-corrected chi connectivity index (χ2v) is 7.10. The minimum absolute atomic E-state index is 0.117. The Balaban J connectivity index is 1.82. The van der Waals surface area contributed by atoms with Crippen LogP contribution >= 0.6 is 0 Å². The first-order valence-electron chi connectivity index (χ1n) is 8.53. The highest BCUT2D eigenvalue weighted by Gasteiger charge is 2.28. The Morgan fingerprint density at radius 2 is 2.04 bits per heavy atom. The predicted octanol–water partition coefficient (Wildman–Crippen LogP) is 4.96. The normalized spacial score (nSPS) is 16.1. The van der Waals surface area contributed by atoms with E-state index in [2.05, 4.69) is 39.0 Å². The molecule has 0 unspecified atom stereocenters. The van der Waals surface area contributed by atoms with Crippen LogP contribution in [0.25, 0.3) is 11.6 Å². The Kier molecular flexibility index (Phi) is 4.71. The molecule has 0 bridgehead atoms. The molecular weight excluding hydrogens is 316 g/mol. The van der Waals surface area contributed by atoms with Crippen LogP contribution in [0, 0.1) is 0 Å². The number of ether oxygens (including phenoxy) is 2. The number of fused-ring (bicyclic) bond motifs is 1. The molecule has 0 amide bonds. The van der Waals surface area contributed by atoms with Gasteiger partial charge < -0.3 is 13.9 Å². The van der Waals surface area contributed by atoms with E-state index >= 15 is 0 Å². The predicted molar refractivity (Wildman–Crippen MR) is 97.3 cm³/mol. The summed E-state index contributed by atoms with van der Waals surface area (Å²) in [5.41, 5.74) is 3.62. The van der Waals surface area contributed by atoms with Crippen LogP contribution in [0.5, 0.6) is 5.75 Å². The first kappa shape index (κ1) is 17.3. The smallest absolute Gasteiger partial charge is 0.303 e. The summed E-state index contributed by atoms with van der Waals surface area (Å²) >= 11 is 0. The van der Waals surface area contributed by atoms with Crippen LogP contribution in [0.2, 0.25) is 0 Å². The topological polar surface area (TPSA) is 48.7 Å². The number of benzene rings is 1. The quantitative estimate of drug-likeness (QED) is 0.738. The molecule has 132 valence electrons. The van der Waals surface area contributed by atoms with Gasteiger partial charge in [0.05, 0.1) is 6.61 Å². The molecule has 4 nitrogen and oxygen atoms in total. The zero-order chi connectivity index (χ0) is 18.0. The van der Waals surface area contributed by atoms with Gasteiger partial charge in [-0.3, -0.25) is 4.79 Å². The molecule has 2 heterocycles.